The first-order valence-corrected chi connectivity index (χ1v) is 12.6. The van der Waals surface area contributed by atoms with Gasteiger partial charge in [0.2, 0.25) is 0 Å². The minimum absolute atomic E-state index is 0.00512. The lowest BCUT2D eigenvalue weighted by Gasteiger charge is -2.21. The van der Waals surface area contributed by atoms with Crippen LogP contribution in [0.2, 0.25) is 0 Å². The molecule has 0 radical (unpaired) electrons. The Morgan fingerprint density at radius 3 is 2.59 bits per heavy atom. The molecule has 34 heavy (non-hydrogen) atoms. The number of nitrogens with zero attached hydrogens (tertiary/aromatic N) is 3. The molecule has 0 aliphatic carbocycles. The third-order valence-electron chi connectivity index (χ3n) is 5.71. The standard InChI is InChI=1S/C24H32F3N3O3S/c1-23(2,3)20-14-21(30(29(20)4)15-17-7-6-10-32-17)28-22(31)18-13-16(24(25,26)27)8-9-19(18)33-11-12-34-5/h8-9,13-14,17H,6-7,10-12,15H2,1-5H3/b28-21+/t17-/m1/s1. The summed E-state index contributed by atoms with van der Waals surface area (Å²) in [6.45, 7) is 7.61. The monoisotopic (exact) mass is 499 g/mol. The SMILES string of the molecule is CSCCOc1ccc(C(F)(F)F)cc1C(=O)/N=c1\cc(C(C)(C)C)n(C)n1C[C@H]1CCCO1. The van der Waals surface area contributed by atoms with Crippen molar-refractivity contribution in [2.75, 3.05) is 25.2 Å². The number of alkyl halides is 3. The Balaban J connectivity index is 2.08. The van der Waals surface area contributed by atoms with Crippen molar-refractivity contribution in [3.05, 3.63) is 46.6 Å². The van der Waals surface area contributed by atoms with E-state index in [1.165, 1.54) is 17.8 Å². The van der Waals surface area contributed by atoms with E-state index in [0.29, 0.717) is 24.4 Å². The molecule has 1 aliphatic heterocycles. The maximum Gasteiger partial charge on any atom is 0.416 e. The number of hydrogen-bond acceptors (Lipinski definition) is 4. The topological polar surface area (TPSA) is 57.8 Å². The Bertz CT molecular complexity index is 1080. The molecule has 0 saturated carbocycles. The molecule has 2 heterocycles. The maximum atomic E-state index is 13.4. The van der Waals surface area contributed by atoms with Crippen molar-refractivity contribution in [1.29, 1.82) is 0 Å². The van der Waals surface area contributed by atoms with Crippen LogP contribution < -0.4 is 10.2 Å². The zero-order chi connectivity index (χ0) is 25.1. The summed E-state index contributed by atoms with van der Waals surface area (Å²) in [7, 11) is 1.89. The number of halogens is 3. The van der Waals surface area contributed by atoms with E-state index in [1.54, 1.807) is 0 Å². The van der Waals surface area contributed by atoms with E-state index in [2.05, 4.69) is 25.8 Å². The molecule has 3 rings (SSSR count). The molecule has 1 atom stereocenters. The first kappa shape index (κ1) is 26.4. The van der Waals surface area contributed by atoms with E-state index in [0.717, 1.165) is 30.7 Å². The van der Waals surface area contributed by atoms with Crippen LogP contribution in [0.4, 0.5) is 13.2 Å². The summed E-state index contributed by atoms with van der Waals surface area (Å²) in [6, 6.07) is 4.74. The number of rotatable bonds is 7. The van der Waals surface area contributed by atoms with Crippen LogP contribution in [0.25, 0.3) is 0 Å². The second-order valence-corrected chi connectivity index (χ2v) is 10.3. The van der Waals surface area contributed by atoms with Gasteiger partial charge in [0.15, 0.2) is 5.49 Å². The van der Waals surface area contributed by atoms with Gasteiger partial charge in [-0.2, -0.15) is 29.9 Å². The highest BCUT2D eigenvalue weighted by molar-refractivity contribution is 7.98. The Labute approximate surface area is 202 Å². The summed E-state index contributed by atoms with van der Waals surface area (Å²) in [6.07, 6.45) is -0.828. The van der Waals surface area contributed by atoms with E-state index in [-0.39, 0.29) is 29.4 Å². The first-order valence-electron chi connectivity index (χ1n) is 11.2. The normalized spacial score (nSPS) is 17.4. The van der Waals surface area contributed by atoms with Gasteiger partial charge in [0, 0.05) is 36.6 Å². The summed E-state index contributed by atoms with van der Waals surface area (Å²) in [4.78, 5) is 17.5. The zero-order valence-corrected chi connectivity index (χ0v) is 21.1. The minimum atomic E-state index is -4.58. The van der Waals surface area contributed by atoms with Crippen molar-refractivity contribution in [3.63, 3.8) is 0 Å². The second kappa shape index (κ2) is 10.6. The number of thioether (sulfide) groups is 1. The number of aromatic nitrogens is 2. The summed E-state index contributed by atoms with van der Waals surface area (Å²) in [5, 5.41) is 0. The van der Waals surface area contributed by atoms with Gasteiger partial charge in [-0.05, 0) is 37.3 Å². The number of amides is 1. The third kappa shape index (κ3) is 6.27. The Morgan fingerprint density at radius 2 is 2.00 bits per heavy atom. The van der Waals surface area contributed by atoms with E-state index in [1.807, 2.05) is 28.7 Å². The van der Waals surface area contributed by atoms with Gasteiger partial charge in [-0.1, -0.05) is 20.8 Å². The number of ether oxygens (including phenoxy) is 2. The molecule has 6 nitrogen and oxygen atoms in total. The molecule has 1 saturated heterocycles. The quantitative estimate of drug-likeness (QED) is 0.514. The van der Waals surface area contributed by atoms with E-state index in [4.69, 9.17) is 9.47 Å². The lowest BCUT2D eigenvalue weighted by Crippen LogP contribution is -2.30. The van der Waals surface area contributed by atoms with Crippen LogP contribution in [0.3, 0.4) is 0 Å². The van der Waals surface area contributed by atoms with Gasteiger partial charge in [-0.3, -0.25) is 14.2 Å². The van der Waals surface area contributed by atoms with Crippen molar-refractivity contribution in [1.82, 2.24) is 9.36 Å². The average Bonchev–Trinajstić information content (AvgIpc) is 3.37. The molecule has 10 heteroatoms. The predicted octanol–water partition coefficient (Wildman–Crippen LogP) is 4.80. The molecule has 1 fully saturated rings. The lowest BCUT2D eigenvalue weighted by molar-refractivity contribution is -0.137. The average molecular weight is 500 g/mol. The number of benzene rings is 1. The zero-order valence-electron chi connectivity index (χ0n) is 20.2. The molecule has 1 aromatic carbocycles. The molecule has 2 aromatic rings. The van der Waals surface area contributed by atoms with Gasteiger partial charge in [0.1, 0.15) is 5.75 Å². The van der Waals surface area contributed by atoms with Crippen molar-refractivity contribution in [2.45, 2.75) is 57.9 Å². The van der Waals surface area contributed by atoms with E-state index >= 15 is 0 Å². The highest BCUT2D eigenvalue weighted by atomic mass is 32.2. The van der Waals surface area contributed by atoms with Crippen molar-refractivity contribution in [2.24, 2.45) is 12.0 Å². The van der Waals surface area contributed by atoms with Gasteiger partial charge in [-0.25, -0.2) is 0 Å². The fourth-order valence-corrected chi connectivity index (χ4v) is 4.21. The number of carbonyl (C=O) groups excluding carboxylic acids is 1. The van der Waals surface area contributed by atoms with Crippen LogP contribution in [-0.2, 0) is 29.9 Å². The van der Waals surface area contributed by atoms with Gasteiger partial charge in [0.25, 0.3) is 5.91 Å². The third-order valence-corrected chi connectivity index (χ3v) is 6.28. The number of carbonyl (C=O) groups is 1. The summed E-state index contributed by atoms with van der Waals surface area (Å²) in [5.74, 6) is -0.0493. The molecular formula is C24H32F3N3O3S. The van der Waals surface area contributed by atoms with Gasteiger partial charge in [-0.15, -0.1) is 0 Å². The van der Waals surface area contributed by atoms with Crippen LogP contribution in [-0.4, -0.2) is 46.6 Å². The lowest BCUT2D eigenvalue weighted by atomic mass is 9.92. The maximum absolute atomic E-state index is 13.4. The summed E-state index contributed by atoms with van der Waals surface area (Å²) in [5.41, 5.74) is -0.0378. The minimum Gasteiger partial charge on any atom is -0.492 e. The van der Waals surface area contributed by atoms with Crippen LogP contribution in [0.5, 0.6) is 5.75 Å². The molecule has 0 spiro atoms. The fraction of sp³-hybridized carbons (Fsp3) is 0.583. The van der Waals surface area contributed by atoms with Gasteiger partial charge in [0.05, 0.1) is 30.4 Å². The fourth-order valence-electron chi connectivity index (χ4n) is 3.96. The van der Waals surface area contributed by atoms with Crippen LogP contribution in [0.15, 0.2) is 29.3 Å². The molecule has 1 aromatic heterocycles. The largest absolute Gasteiger partial charge is 0.492 e. The second-order valence-electron chi connectivity index (χ2n) is 9.35. The molecule has 1 amide bonds. The number of hydrogen-bond donors (Lipinski definition) is 0. The molecular weight excluding hydrogens is 467 g/mol. The molecule has 1 aliphatic rings. The molecule has 188 valence electrons. The summed E-state index contributed by atoms with van der Waals surface area (Å²) >= 11 is 1.54. The smallest absolute Gasteiger partial charge is 0.416 e. The van der Waals surface area contributed by atoms with E-state index in [9.17, 15) is 18.0 Å². The Morgan fingerprint density at radius 1 is 1.26 bits per heavy atom. The van der Waals surface area contributed by atoms with Crippen LogP contribution >= 0.6 is 11.8 Å². The predicted molar refractivity (Wildman–Crippen MR) is 126 cm³/mol. The van der Waals surface area contributed by atoms with Gasteiger partial charge >= 0.3 is 6.18 Å². The highest BCUT2D eigenvalue weighted by Gasteiger charge is 2.32. The highest BCUT2D eigenvalue weighted by Crippen LogP contribution is 2.33. The van der Waals surface area contributed by atoms with Crippen LogP contribution in [0.1, 0.15) is 55.2 Å². The first-order chi connectivity index (χ1) is 15.9. The summed E-state index contributed by atoms with van der Waals surface area (Å²) < 4.78 is 55.3. The Kier molecular flexibility index (Phi) is 8.23. The molecule has 0 N–H and O–H groups in total. The molecule has 0 bridgehead atoms. The van der Waals surface area contributed by atoms with Crippen molar-refractivity contribution in [3.8, 4) is 5.75 Å². The van der Waals surface area contributed by atoms with Crippen molar-refractivity contribution >= 4 is 17.7 Å². The Hall–Kier alpha value is -2.20. The van der Waals surface area contributed by atoms with Gasteiger partial charge < -0.3 is 9.47 Å². The van der Waals surface area contributed by atoms with Crippen molar-refractivity contribution < 1.29 is 27.4 Å². The molecule has 0 unspecified atom stereocenters. The van der Waals surface area contributed by atoms with Crippen LogP contribution in [0, 0.1) is 0 Å². The van der Waals surface area contributed by atoms with E-state index < -0.39 is 17.6 Å².